The van der Waals surface area contributed by atoms with Crippen molar-refractivity contribution in [2.75, 3.05) is 0 Å². The van der Waals surface area contributed by atoms with Crippen molar-refractivity contribution < 1.29 is 71.0 Å². The van der Waals surface area contributed by atoms with Gasteiger partial charge in [-0.05, 0) is 0 Å². The smallest absolute Gasteiger partial charge is 0.340 e. The van der Waals surface area contributed by atoms with Crippen LogP contribution in [0, 0.1) is 0 Å². The molecular weight excluding hydrogens is 460 g/mol. The summed E-state index contributed by atoms with van der Waals surface area (Å²) in [4.78, 5) is 30.4. The van der Waals surface area contributed by atoms with Gasteiger partial charge in [-0.2, -0.15) is 16.8 Å². The topological polar surface area (TPSA) is 281 Å². The molecule has 8 N–H and O–H groups in total. The number of rotatable bonds is 5. The lowest BCUT2D eigenvalue weighted by atomic mass is 9.92. The van der Waals surface area contributed by atoms with Crippen LogP contribution in [0.1, 0.15) is 31.1 Å². The molecule has 0 radical (unpaired) electrons. The van der Waals surface area contributed by atoms with Crippen molar-refractivity contribution >= 4 is 48.9 Å². The highest BCUT2D eigenvalue weighted by atomic mass is 32.2. The van der Waals surface area contributed by atoms with E-state index in [9.17, 15) is 71.0 Å². The maximum atomic E-state index is 11.8. The number of carboxylic acid groups (broad SMARTS) is 3. The highest BCUT2D eigenvalue weighted by Gasteiger charge is 2.41. The number of fused-ring (bicyclic) bond motifs is 1. The van der Waals surface area contributed by atoms with E-state index in [-0.39, 0.29) is 0 Å². The largest absolute Gasteiger partial charge is 0.504 e. The summed E-state index contributed by atoms with van der Waals surface area (Å²) in [6.07, 6.45) is 0. The van der Waals surface area contributed by atoms with E-state index in [4.69, 9.17) is 0 Å². The molecule has 162 valence electrons. The third-order valence-corrected chi connectivity index (χ3v) is 5.72. The number of phenols is 3. The minimum Gasteiger partial charge on any atom is -0.504 e. The molecule has 2 aromatic rings. The van der Waals surface area contributed by atoms with Gasteiger partial charge in [-0.1, -0.05) is 0 Å². The molecule has 0 saturated carbocycles. The van der Waals surface area contributed by atoms with Crippen LogP contribution < -0.4 is 0 Å². The summed E-state index contributed by atoms with van der Waals surface area (Å²) in [6.45, 7) is 0. The van der Waals surface area contributed by atoms with Gasteiger partial charge in [0.15, 0.2) is 11.5 Å². The summed E-state index contributed by atoms with van der Waals surface area (Å²) >= 11 is 0. The molecule has 0 fully saturated rings. The highest BCUT2D eigenvalue weighted by molar-refractivity contribution is 7.89. The lowest BCUT2D eigenvalue weighted by Gasteiger charge is -2.19. The number of carboxylic acids is 3. The number of hydrogen-bond acceptors (Lipinski definition) is 10. The maximum Gasteiger partial charge on any atom is 0.340 e. The first kappa shape index (κ1) is 22.6. The second kappa shape index (κ2) is 6.69. The average Bonchev–Trinajstić information content (AvgIpc) is 2.55. The van der Waals surface area contributed by atoms with Crippen molar-refractivity contribution in [3.05, 3.63) is 16.7 Å². The van der Waals surface area contributed by atoms with Gasteiger partial charge in [0.1, 0.15) is 15.4 Å². The summed E-state index contributed by atoms with van der Waals surface area (Å²) in [7, 11) is -12.0. The number of aromatic carboxylic acids is 3. The third-order valence-electron chi connectivity index (χ3n) is 3.74. The van der Waals surface area contributed by atoms with Crippen LogP contribution >= 0.6 is 0 Å². The van der Waals surface area contributed by atoms with E-state index in [2.05, 4.69) is 0 Å². The molecule has 0 aromatic heterocycles. The maximum absolute atomic E-state index is 11.8. The summed E-state index contributed by atoms with van der Waals surface area (Å²) < 4.78 is 65.9. The molecule has 0 atom stereocenters. The number of aromatic hydroxyl groups is 3. The normalized spacial score (nSPS) is 12.1. The van der Waals surface area contributed by atoms with Gasteiger partial charge in [-0.3, -0.25) is 9.11 Å². The molecule has 0 aliphatic carbocycles. The Morgan fingerprint density at radius 1 is 0.533 bits per heavy atom. The summed E-state index contributed by atoms with van der Waals surface area (Å²) in [5.41, 5.74) is -5.48. The van der Waals surface area contributed by atoms with Gasteiger partial charge in [0.25, 0.3) is 20.2 Å². The molecule has 0 heterocycles. The zero-order valence-electron chi connectivity index (χ0n) is 13.8. The van der Waals surface area contributed by atoms with Crippen LogP contribution in [0.15, 0.2) is 9.79 Å². The Hall–Kier alpha value is -3.67. The molecule has 0 saturated heterocycles. The Balaban J connectivity index is 3.75. The van der Waals surface area contributed by atoms with E-state index in [0.717, 1.165) is 0 Å². The molecule has 17 heteroatoms. The van der Waals surface area contributed by atoms with Gasteiger partial charge in [0, 0.05) is 5.39 Å². The fourth-order valence-corrected chi connectivity index (χ4v) is 4.97. The van der Waals surface area contributed by atoms with Gasteiger partial charge >= 0.3 is 17.9 Å². The highest BCUT2D eigenvalue weighted by Crippen LogP contribution is 2.50. The van der Waals surface area contributed by atoms with Crippen LogP contribution in [-0.4, -0.2) is 74.5 Å². The molecule has 2 rings (SSSR count). The molecule has 0 unspecified atom stereocenters. The number of carbonyl (C=O) groups is 3. The summed E-state index contributed by atoms with van der Waals surface area (Å²) in [5, 5.41) is 54.2. The van der Waals surface area contributed by atoms with E-state index in [0.29, 0.717) is 0 Å². The lowest BCUT2D eigenvalue weighted by molar-refractivity contribution is 0.0648. The van der Waals surface area contributed by atoms with E-state index < -0.39 is 92.6 Å². The Morgan fingerprint density at radius 3 is 1.27 bits per heavy atom. The second-order valence-corrected chi connectivity index (χ2v) is 8.16. The average molecular weight is 468 g/mol. The monoisotopic (exact) mass is 468 g/mol. The Kier molecular flexibility index (Phi) is 5.05. The quantitative estimate of drug-likeness (QED) is 0.203. The zero-order valence-corrected chi connectivity index (χ0v) is 15.4. The number of phenolic OH excluding ortho intramolecular Hbond substituents is 2. The van der Waals surface area contributed by atoms with E-state index in [1.54, 1.807) is 0 Å². The lowest BCUT2D eigenvalue weighted by Crippen LogP contribution is -2.21. The zero-order chi connectivity index (χ0) is 23.5. The number of hydrogen-bond donors (Lipinski definition) is 8. The molecule has 2 aromatic carbocycles. The van der Waals surface area contributed by atoms with E-state index >= 15 is 0 Å². The molecule has 0 aliphatic rings. The molecule has 0 aliphatic heterocycles. The third kappa shape index (κ3) is 3.20. The van der Waals surface area contributed by atoms with Crippen LogP contribution in [0.25, 0.3) is 10.8 Å². The van der Waals surface area contributed by atoms with Crippen LogP contribution in [0.5, 0.6) is 17.2 Å². The molecule has 0 amide bonds. The molecule has 0 bridgehead atoms. The fraction of sp³-hybridized carbons (Fsp3) is 0. The van der Waals surface area contributed by atoms with E-state index in [1.807, 2.05) is 0 Å². The molecule has 0 spiro atoms. The van der Waals surface area contributed by atoms with Gasteiger partial charge in [0.05, 0.1) is 16.5 Å². The van der Waals surface area contributed by atoms with Crippen LogP contribution in [0.4, 0.5) is 0 Å². The van der Waals surface area contributed by atoms with Crippen molar-refractivity contribution in [2.24, 2.45) is 0 Å². The molecule has 15 nitrogen and oxygen atoms in total. The van der Waals surface area contributed by atoms with Crippen molar-refractivity contribution in [2.45, 2.75) is 9.79 Å². The minimum absolute atomic E-state index is 1.58. The second-order valence-electron chi connectivity index (χ2n) is 5.44. The molecular formula is C13H8O15S2. The van der Waals surface area contributed by atoms with Crippen LogP contribution in [-0.2, 0) is 20.2 Å². The number of benzene rings is 2. The van der Waals surface area contributed by atoms with Crippen LogP contribution in [0.3, 0.4) is 0 Å². The first-order valence-corrected chi connectivity index (χ1v) is 9.77. The van der Waals surface area contributed by atoms with Gasteiger partial charge in [-0.15, -0.1) is 0 Å². The minimum atomic E-state index is -6.00. The fourth-order valence-electron chi connectivity index (χ4n) is 2.77. The summed E-state index contributed by atoms with van der Waals surface area (Å²) in [5.74, 6) is -12.6. The van der Waals surface area contributed by atoms with Crippen molar-refractivity contribution in [3.8, 4) is 17.2 Å². The van der Waals surface area contributed by atoms with Crippen molar-refractivity contribution in [1.29, 1.82) is 0 Å². The summed E-state index contributed by atoms with van der Waals surface area (Å²) in [6, 6.07) is 0. The Morgan fingerprint density at radius 2 is 0.933 bits per heavy atom. The van der Waals surface area contributed by atoms with E-state index in [1.165, 1.54) is 0 Å². The molecule has 30 heavy (non-hydrogen) atoms. The van der Waals surface area contributed by atoms with Crippen molar-refractivity contribution in [3.63, 3.8) is 0 Å². The Bertz CT molecular complexity index is 1380. The Labute approximate surface area is 164 Å². The van der Waals surface area contributed by atoms with Crippen LogP contribution in [0.2, 0.25) is 0 Å². The predicted octanol–water partition coefficient (Wildman–Crippen LogP) is -0.455. The first-order valence-electron chi connectivity index (χ1n) is 6.89. The van der Waals surface area contributed by atoms with Gasteiger partial charge < -0.3 is 30.6 Å². The van der Waals surface area contributed by atoms with Gasteiger partial charge in [0.2, 0.25) is 5.75 Å². The van der Waals surface area contributed by atoms with Gasteiger partial charge in [-0.25, -0.2) is 14.4 Å². The predicted molar refractivity (Wildman–Crippen MR) is 89.4 cm³/mol. The first-order chi connectivity index (χ1) is 13.4. The van der Waals surface area contributed by atoms with Crippen molar-refractivity contribution in [1.82, 2.24) is 0 Å². The SMILES string of the molecule is O=C(O)c1c(S(=O)(=O)O)c(S(=O)(=O)O)c2c(O)c(O)c(O)c(C(=O)O)c2c1C(=O)O. The standard InChI is InChI=1S/C13H8O15S2/c14-6-3-1(4(12(19)20)7(15)8(6)16)2(11(17)18)5(13(21)22)10(30(26,27)28)9(3)29(23,24)25/h14-16H,(H,17,18)(H,19,20)(H,21,22)(H,23,24,25)(H,26,27,28).